The van der Waals surface area contributed by atoms with Gasteiger partial charge in [0.2, 0.25) is 0 Å². The standard InChI is InChI=1S/C19H22F2N6/c1-2-22-19(24-13-14-12-15(20)8-9-16(14)21)23-10-5-7-18-26-25-17-6-3-4-11-27(17)18/h3-4,6,8-9,11-12H,2,5,7,10,13H2,1H3,(H2,22,23,24). The molecule has 0 saturated carbocycles. The van der Waals surface area contributed by atoms with E-state index < -0.39 is 11.6 Å². The first kappa shape index (κ1) is 18.8. The quantitative estimate of drug-likeness (QED) is 0.380. The van der Waals surface area contributed by atoms with E-state index in [-0.39, 0.29) is 12.1 Å². The van der Waals surface area contributed by atoms with Crippen LogP contribution in [-0.2, 0) is 13.0 Å². The lowest BCUT2D eigenvalue weighted by Crippen LogP contribution is -2.37. The Labute approximate surface area is 156 Å². The van der Waals surface area contributed by atoms with Gasteiger partial charge < -0.3 is 10.6 Å². The first-order chi connectivity index (χ1) is 13.2. The maximum atomic E-state index is 13.7. The molecule has 2 heterocycles. The van der Waals surface area contributed by atoms with Gasteiger partial charge in [-0.2, -0.15) is 0 Å². The van der Waals surface area contributed by atoms with E-state index in [4.69, 9.17) is 0 Å². The third-order valence-electron chi connectivity index (χ3n) is 4.01. The fraction of sp³-hybridized carbons (Fsp3) is 0.316. The molecule has 0 spiro atoms. The van der Waals surface area contributed by atoms with Crippen LogP contribution in [0.3, 0.4) is 0 Å². The molecule has 2 aromatic heterocycles. The molecular formula is C19H22F2N6. The van der Waals surface area contributed by atoms with Crippen LogP contribution in [0.15, 0.2) is 47.6 Å². The number of aromatic nitrogens is 3. The summed E-state index contributed by atoms with van der Waals surface area (Å²) in [6.45, 7) is 3.35. The van der Waals surface area contributed by atoms with Crippen LogP contribution in [0.25, 0.3) is 5.65 Å². The van der Waals surface area contributed by atoms with Gasteiger partial charge >= 0.3 is 0 Å². The van der Waals surface area contributed by atoms with Crippen molar-refractivity contribution in [2.45, 2.75) is 26.3 Å². The minimum Gasteiger partial charge on any atom is -0.357 e. The third kappa shape index (κ3) is 4.99. The number of pyridine rings is 1. The summed E-state index contributed by atoms with van der Waals surface area (Å²) in [7, 11) is 0. The van der Waals surface area contributed by atoms with Gasteiger partial charge in [0.15, 0.2) is 11.6 Å². The molecule has 0 aliphatic carbocycles. The lowest BCUT2D eigenvalue weighted by molar-refractivity contribution is 0.585. The largest absolute Gasteiger partial charge is 0.357 e. The van der Waals surface area contributed by atoms with E-state index in [1.54, 1.807) is 0 Å². The molecule has 0 aliphatic rings. The first-order valence-corrected chi connectivity index (χ1v) is 8.92. The summed E-state index contributed by atoms with van der Waals surface area (Å²) in [5.41, 5.74) is 1.05. The van der Waals surface area contributed by atoms with Crippen molar-refractivity contribution >= 4 is 11.6 Å². The van der Waals surface area contributed by atoms with Crippen LogP contribution in [-0.4, -0.2) is 33.6 Å². The predicted molar refractivity (Wildman–Crippen MR) is 100 cm³/mol. The zero-order valence-electron chi connectivity index (χ0n) is 15.1. The zero-order chi connectivity index (χ0) is 19.1. The minimum absolute atomic E-state index is 0.0632. The Morgan fingerprint density at radius 1 is 1.15 bits per heavy atom. The average molecular weight is 372 g/mol. The Morgan fingerprint density at radius 2 is 2.04 bits per heavy atom. The Kier molecular flexibility index (Phi) is 6.30. The highest BCUT2D eigenvalue weighted by Crippen LogP contribution is 2.10. The molecule has 0 atom stereocenters. The summed E-state index contributed by atoms with van der Waals surface area (Å²) < 4.78 is 28.9. The zero-order valence-corrected chi connectivity index (χ0v) is 15.1. The molecule has 3 aromatic rings. The van der Waals surface area contributed by atoms with Crippen molar-refractivity contribution in [3.63, 3.8) is 0 Å². The molecule has 0 unspecified atom stereocenters. The van der Waals surface area contributed by atoms with Gasteiger partial charge in [0.1, 0.15) is 17.5 Å². The molecule has 0 fully saturated rings. The molecule has 142 valence electrons. The third-order valence-corrected chi connectivity index (χ3v) is 4.01. The Bertz CT molecular complexity index is 921. The van der Waals surface area contributed by atoms with Gasteiger partial charge in [0, 0.05) is 31.3 Å². The maximum Gasteiger partial charge on any atom is 0.191 e. The van der Waals surface area contributed by atoms with Crippen molar-refractivity contribution < 1.29 is 8.78 Å². The van der Waals surface area contributed by atoms with Gasteiger partial charge in [-0.15, -0.1) is 10.2 Å². The molecule has 0 saturated heterocycles. The van der Waals surface area contributed by atoms with Crippen LogP contribution in [0.5, 0.6) is 0 Å². The van der Waals surface area contributed by atoms with Crippen molar-refractivity contribution in [2.75, 3.05) is 13.1 Å². The summed E-state index contributed by atoms with van der Waals surface area (Å²) in [5, 5.41) is 14.6. The number of hydrogen-bond donors (Lipinski definition) is 2. The number of aryl methyl sites for hydroxylation is 1. The van der Waals surface area contributed by atoms with Crippen molar-refractivity contribution in [1.82, 2.24) is 25.2 Å². The lowest BCUT2D eigenvalue weighted by Gasteiger charge is -2.11. The monoisotopic (exact) mass is 372 g/mol. The highest BCUT2D eigenvalue weighted by atomic mass is 19.1. The highest BCUT2D eigenvalue weighted by molar-refractivity contribution is 5.79. The number of fused-ring (bicyclic) bond motifs is 1. The van der Waals surface area contributed by atoms with E-state index in [0.717, 1.165) is 36.4 Å². The molecular weight excluding hydrogens is 350 g/mol. The molecule has 0 amide bonds. The van der Waals surface area contributed by atoms with Crippen LogP contribution in [0.4, 0.5) is 8.78 Å². The molecule has 27 heavy (non-hydrogen) atoms. The van der Waals surface area contributed by atoms with Gasteiger partial charge in [0.25, 0.3) is 0 Å². The summed E-state index contributed by atoms with van der Waals surface area (Å²) in [6, 6.07) is 9.16. The number of nitrogens with one attached hydrogen (secondary N) is 2. The molecule has 3 rings (SSSR count). The first-order valence-electron chi connectivity index (χ1n) is 8.92. The Balaban J connectivity index is 1.54. The number of nitrogens with zero attached hydrogens (tertiary/aromatic N) is 4. The fourth-order valence-electron chi connectivity index (χ4n) is 2.69. The van der Waals surface area contributed by atoms with Gasteiger partial charge in [-0.05, 0) is 43.7 Å². The Hall–Kier alpha value is -3.03. The molecule has 1 aromatic carbocycles. The minimum atomic E-state index is -0.472. The summed E-state index contributed by atoms with van der Waals surface area (Å²) in [4.78, 5) is 4.32. The van der Waals surface area contributed by atoms with E-state index in [1.165, 1.54) is 6.07 Å². The van der Waals surface area contributed by atoms with Gasteiger partial charge in [-0.1, -0.05) is 6.07 Å². The number of aliphatic imine (C=N–C) groups is 1. The van der Waals surface area contributed by atoms with Gasteiger partial charge in [0.05, 0.1) is 6.54 Å². The number of halogens is 2. The van der Waals surface area contributed by atoms with E-state index in [9.17, 15) is 8.78 Å². The molecule has 8 heteroatoms. The Morgan fingerprint density at radius 3 is 2.89 bits per heavy atom. The number of hydrogen-bond acceptors (Lipinski definition) is 3. The van der Waals surface area contributed by atoms with Crippen molar-refractivity contribution in [3.8, 4) is 0 Å². The van der Waals surface area contributed by atoms with Crippen LogP contribution in [0, 0.1) is 11.6 Å². The molecule has 6 nitrogen and oxygen atoms in total. The van der Waals surface area contributed by atoms with Gasteiger partial charge in [-0.3, -0.25) is 4.40 Å². The predicted octanol–water partition coefficient (Wildman–Crippen LogP) is 2.70. The molecule has 2 N–H and O–H groups in total. The average Bonchev–Trinajstić information content (AvgIpc) is 3.09. The number of benzene rings is 1. The molecule has 0 bridgehead atoms. The maximum absolute atomic E-state index is 13.7. The van der Waals surface area contributed by atoms with Gasteiger partial charge in [-0.25, -0.2) is 13.8 Å². The van der Waals surface area contributed by atoms with Crippen LogP contribution >= 0.6 is 0 Å². The summed E-state index contributed by atoms with van der Waals surface area (Å²) >= 11 is 0. The van der Waals surface area contributed by atoms with Crippen LogP contribution in [0.2, 0.25) is 0 Å². The van der Waals surface area contributed by atoms with Crippen molar-refractivity contribution in [1.29, 1.82) is 0 Å². The molecule has 0 aliphatic heterocycles. The smallest absolute Gasteiger partial charge is 0.191 e. The lowest BCUT2D eigenvalue weighted by atomic mass is 10.2. The van der Waals surface area contributed by atoms with Crippen LogP contribution < -0.4 is 10.6 Å². The molecule has 0 radical (unpaired) electrons. The van der Waals surface area contributed by atoms with Crippen molar-refractivity contribution in [3.05, 3.63) is 65.6 Å². The van der Waals surface area contributed by atoms with E-state index in [1.807, 2.05) is 35.7 Å². The second-order valence-corrected chi connectivity index (χ2v) is 6.01. The van der Waals surface area contributed by atoms with E-state index in [2.05, 4.69) is 25.8 Å². The second kappa shape index (κ2) is 9.07. The highest BCUT2D eigenvalue weighted by Gasteiger charge is 2.06. The SMILES string of the molecule is CCNC(=NCc1cc(F)ccc1F)NCCCc1nnc2ccccn12. The number of rotatable bonds is 7. The fourth-order valence-corrected chi connectivity index (χ4v) is 2.69. The topological polar surface area (TPSA) is 66.6 Å². The summed E-state index contributed by atoms with van der Waals surface area (Å²) in [5.74, 6) is 0.526. The van der Waals surface area contributed by atoms with Crippen molar-refractivity contribution in [2.24, 2.45) is 4.99 Å². The summed E-state index contributed by atoms with van der Waals surface area (Å²) in [6.07, 6.45) is 3.53. The van der Waals surface area contributed by atoms with E-state index >= 15 is 0 Å². The second-order valence-electron chi connectivity index (χ2n) is 6.01. The van der Waals surface area contributed by atoms with E-state index in [0.29, 0.717) is 19.0 Å². The number of guanidine groups is 1. The normalized spacial score (nSPS) is 11.7. The van der Waals surface area contributed by atoms with Crippen LogP contribution in [0.1, 0.15) is 24.7 Å².